The maximum absolute atomic E-state index is 12.5. The van der Waals surface area contributed by atoms with Crippen molar-refractivity contribution in [2.75, 3.05) is 31.6 Å². The van der Waals surface area contributed by atoms with Gasteiger partial charge in [0, 0.05) is 32.4 Å². The molecule has 0 aliphatic rings. The van der Waals surface area contributed by atoms with Crippen molar-refractivity contribution < 1.29 is 13.5 Å². The summed E-state index contributed by atoms with van der Waals surface area (Å²) in [4.78, 5) is 4.24. The summed E-state index contributed by atoms with van der Waals surface area (Å²) < 4.78 is 26.4. The van der Waals surface area contributed by atoms with Crippen molar-refractivity contribution in [3.8, 4) is 0 Å². The Bertz CT molecular complexity index is 491. The molecule has 1 aromatic heterocycles. The molecule has 0 amide bonds. The quantitative estimate of drug-likeness (QED) is 0.742. The first-order valence-corrected chi connectivity index (χ1v) is 7.81. The van der Waals surface area contributed by atoms with Crippen molar-refractivity contribution in [3.63, 3.8) is 0 Å². The van der Waals surface area contributed by atoms with Crippen LogP contribution in [0.3, 0.4) is 0 Å². The Hall–Kier alpha value is -1.18. The lowest BCUT2D eigenvalue weighted by Crippen LogP contribution is -2.33. The Balaban J connectivity index is 3.10. The van der Waals surface area contributed by atoms with Gasteiger partial charge in [-0.15, -0.1) is 0 Å². The van der Waals surface area contributed by atoms with Gasteiger partial charge in [0.15, 0.2) is 0 Å². The monoisotopic (exact) mass is 287 g/mol. The number of nitrogens with zero attached hydrogens (tertiary/aromatic N) is 2. The summed E-state index contributed by atoms with van der Waals surface area (Å²) in [7, 11) is -3.58. The maximum atomic E-state index is 12.5. The molecule has 0 fully saturated rings. The van der Waals surface area contributed by atoms with Crippen LogP contribution in [-0.2, 0) is 10.0 Å². The van der Waals surface area contributed by atoms with Gasteiger partial charge in [0.2, 0.25) is 10.0 Å². The highest BCUT2D eigenvalue weighted by molar-refractivity contribution is 7.89. The van der Waals surface area contributed by atoms with Gasteiger partial charge >= 0.3 is 0 Å². The van der Waals surface area contributed by atoms with Crippen LogP contribution in [0.25, 0.3) is 0 Å². The number of pyridine rings is 1. The van der Waals surface area contributed by atoms with Gasteiger partial charge < -0.3 is 10.4 Å². The number of hydrogen-bond acceptors (Lipinski definition) is 5. The number of hydrogen-bond donors (Lipinski definition) is 2. The van der Waals surface area contributed by atoms with Crippen molar-refractivity contribution in [3.05, 3.63) is 18.3 Å². The van der Waals surface area contributed by atoms with Crippen molar-refractivity contribution in [2.45, 2.75) is 25.2 Å². The van der Waals surface area contributed by atoms with Gasteiger partial charge in [-0.1, -0.05) is 6.92 Å². The molecule has 0 aromatic carbocycles. The minimum absolute atomic E-state index is 0.0286. The van der Waals surface area contributed by atoms with E-state index >= 15 is 0 Å². The summed E-state index contributed by atoms with van der Waals surface area (Å²) in [5.74, 6) is 0.368. The minimum Gasteiger partial charge on any atom is -0.396 e. The van der Waals surface area contributed by atoms with E-state index in [1.54, 1.807) is 25.3 Å². The lowest BCUT2D eigenvalue weighted by molar-refractivity contribution is 0.271. The van der Waals surface area contributed by atoms with Crippen molar-refractivity contribution in [1.82, 2.24) is 9.29 Å². The van der Waals surface area contributed by atoms with Crippen LogP contribution in [0.2, 0.25) is 0 Å². The zero-order valence-corrected chi connectivity index (χ0v) is 12.2. The number of aliphatic hydroxyl groups is 1. The number of anilines is 1. The number of sulfonamides is 1. The fraction of sp³-hybridized carbons (Fsp3) is 0.583. The molecular formula is C12H21N3O3S. The Labute approximate surface area is 114 Å². The number of rotatable bonds is 8. The van der Waals surface area contributed by atoms with E-state index in [0.717, 1.165) is 0 Å². The third-order valence-electron chi connectivity index (χ3n) is 2.65. The van der Waals surface area contributed by atoms with Crippen LogP contribution in [0.4, 0.5) is 5.82 Å². The van der Waals surface area contributed by atoms with Crippen LogP contribution in [0.15, 0.2) is 23.2 Å². The Kier molecular flexibility index (Phi) is 6.20. The van der Waals surface area contributed by atoms with Crippen LogP contribution in [-0.4, -0.2) is 49.1 Å². The van der Waals surface area contributed by atoms with E-state index in [0.29, 0.717) is 31.9 Å². The first-order chi connectivity index (χ1) is 9.07. The first kappa shape index (κ1) is 15.9. The van der Waals surface area contributed by atoms with Crippen LogP contribution in [0, 0.1) is 0 Å². The minimum atomic E-state index is -3.58. The fourth-order valence-corrected chi connectivity index (χ4v) is 3.34. The number of aliphatic hydroxyl groups excluding tert-OH is 1. The predicted octanol–water partition coefficient (Wildman–Crippen LogP) is 0.906. The summed E-state index contributed by atoms with van der Waals surface area (Å²) in [6, 6.07) is 3.15. The molecule has 0 bridgehead atoms. The van der Waals surface area contributed by atoms with Crippen molar-refractivity contribution >= 4 is 15.8 Å². The number of nitrogens with one attached hydrogen (secondary N) is 1. The third-order valence-corrected chi connectivity index (χ3v) is 4.66. The molecule has 0 spiro atoms. The molecule has 0 atom stereocenters. The predicted molar refractivity (Wildman–Crippen MR) is 74.5 cm³/mol. The standard InChI is InChI=1S/C12H21N3O3S/c1-3-13-12-11(7-5-8-14-12)19(17,18)15(4-2)9-6-10-16/h5,7-8,16H,3-4,6,9-10H2,1-2H3,(H,13,14). The van der Waals surface area contributed by atoms with E-state index < -0.39 is 10.0 Å². The molecule has 0 unspecified atom stereocenters. The van der Waals surface area contributed by atoms with Gasteiger partial charge in [0.25, 0.3) is 0 Å². The molecule has 2 N–H and O–H groups in total. The Morgan fingerprint density at radius 3 is 2.74 bits per heavy atom. The fourth-order valence-electron chi connectivity index (χ4n) is 1.73. The molecule has 0 saturated carbocycles. The highest BCUT2D eigenvalue weighted by Crippen LogP contribution is 2.22. The molecule has 6 nitrogen and oxygen atoms in total. The number of aromatic nitrogens is 1. The lowest BCUT2D eigenvalue weighted by atomic mass is 10.4. The Morgan fingerprint density at radius 1 is 1.42 bits per heavy atom. The van der Waals surface area contributed by atoms with Crippen LogP contribution >= 0.6 is 0 Å². The van der Waals surface area contributed by atoms with Gasteiger partial charge in [-0.25, -0.2) is 13.4 Å². The molecule has 1 heterocycles. The zero-order valence-electron chi connectivity index (χ0n) is 11.3. The van der Waals surface area contributed by atoms with Gasteiger partial charge in [0.05, 0.1) is 0 Å². The lowest BCUT2D eigenvalue weighted by Gasteiger charge is -2.21. The summed E-state index contributed by atoms with van der Waals surface area (Å²) in [6.07, 6.45) is 1.98. The summed E-state index contributed by atoms with van der Waals surface area (Å²) in [5.41, 5.74) is 0. The first-order valence-electron chi connectivity index (χ1n) is 6.37. The molecule has 0 radical (unpaired) electrons. The van der Waals surface area contributed by atoms with Gasteiger partial charge in [-0.2, -0.15) is 4.31 Å². The summed E-state index contributed by atoms with van der Waals surface area (Å²) in [5, 5.41) is 11.8. The molecule has 108 valence electrons. The van der Waals surface area contributed by atoms with Crippen LogP contribution < -0.4 is 5.32 Å². The average molecular weight is 287 g/mol. The largest absolute Gasteiger partial charge is 0.396 e. The maximum Gasteiger partial charge on any atom is 0.246 e. The molecule has 1 rings (SSSR count). The highest BCUT2D eigenvalue weighted by atomic mass is 32.2. The SMILES string of the molecule is CCNc1ncccc1S(=O)(=O)N(CC)CCCO. The molecule has 0 aliphatic carbocycles. The van der Waals surface area contributed by atoms with E-state index in [-0.39, 0.29) is 11.5 Å². The Morgan fingerprint density at radius 2 is 2.16 bits per heavy atom. The van der Waals surface area contributed by atoms with E-state index in [9.17, 15) is 8.42 Å². The second kappa shape index (κ2) is 7.42. The second-order valence-electron chi connectivity index (χ2n) is 3.95. The zero-order chi connectivity index (χ0) is 14.3. The van der Waals surface area contributed by atoms with E-state index in [1.807, 2.05) is 6.92 Å². The normalized spacial score (nSPS) is 11.8. The topological polar surface area (TPSA) is 82.5 Å². The van der Waals surface area contributed by atoms with Crippen molar-refractivity contribution in [2.24, 2.45) is 0 Å². The second-order valence-corrected chi connectivity index (χ2v) is 5.86. The smallest absolute Gasteiger partial charge is 0.246 e. The molecule has 19 heavy (non-hydrogen) atoms. The molecular weight excluding hydrogens is 266 g/mol. The van der Waals surface area contributed by atoms with Gasteiger partial charge in [-0.05, 0) is 25.5 Å². The van der Waals surface area contributed by atoms with Gasteiger partial charge in [-0.3, -0.25) is 0 Å². The molecule has 0 aliphatic heterocycles. The van der Waals surface area contributed by atoms with Crippen LogP contribution in [0.1, 0.15) is 20.3 Å². The summed E-state index contributed by atoms with van der Waals surface area (Å²) >= 11 is 0. The molecule has 1 aromatic rings. The van der Waals surface area contributed by atoms with E-state index in [4.69, 9.17) is 5.11 Å². The third kappa shape index (κ3) is 3.89. The molecule has 7 heteroatoms. The summed E-state index contributed by atoms with van der Waals surface area (Å²) in [6.45, 7) is 4.90. The molecule has 0 saturated heterocycles. The van der Waals surface area contributed by atoms with Crippen LogP contribution in [0.5, 0.6) is 0 Å². The van der Waals surface area contributed by atoms with Gasteiger partial charge in [0.1, 0.15) is 10.7 Å². The van der Waals surface area contributed by atoms with Crippen molar-refractivity contribution in [1.29, 1.82) is 0 Å². The average Bonchev–Trinajstić information content (AvgIpc) is 2.40. The highest BCUT2D eigenvalue weighted by Gasteiger charge is 2.25. The van der Waals surface area contributed by atoms with E-state index in [1.165, 1.54) is 4.31 Å². The van der Waals surface area contributed by atoms with E-state index in [2.05, 4.69) is 10.3 Å².